The summed E-state index contributed by atoms with van der Waals surface area (Å²) in [6.45, 7) is 1.00. The Balaban J connectivity index is 2.07. The molecule has 0 unspecified atom stereocenters. The fraction of sp³-hybridized carbons (Fsp3) is 0.143. The van der Waals surface area contributed by atoms with Crippen LogP contribution in [0.1, 0.15) is 5.56 Å². The number of halogens is 1. The van der Waals surface area contributed by atoms with Crippen molar-refractivity contribution in [1.29, 1.82) is 0 Å². The van der Waals surface area contributed by atoms with E-state index in [-0.39, 0.29) is 5.82 Å². The van der Waals surface area contributed by atoms with Crippen molar-refractivity contribution < 1.29 is 4.39 Å². The Morgan fingerprint density at radius 1 is 1.00 bits per heavy atom. The van der Waals surface area contributed by atoms with E-state index in [2.05, 4.69) is 17.4 Å². The molecule has 0 radical (unpaired) electrons. The van der Waals surface area contributed by atoms with E-state index in [1.807, 2.05) is 12.1 Å². The summed E-state index contributed by atoms with van der Waals surface area (Å²) >= 11 is 0. The van der Waals surface area contributed by atoms with Crippen LogP contribution in [0.5, 0.6) is 0 Å². The first-order valence-electron chi connectivity index (χ1n) is 5.46. The van der Waals surface area contributed by atoms with Crippen LogP contribution >= 0.6 is 0 Å². The Morgan fingerprint density at radius 2 is 1.88 bits per heavy atom. The molecule has 0 fully saturated rings. The summed E-state index contributed by atoms with van der Waals surface area (Å²) in [5.41, 5.74) is 4.55. The summed E-state index contributed by atoms with van der Waals surface area (Å²) < 4.78 is 13.1. The van der Waals surface area contributed by atoms with Gasteiger partial charge in [0.1, 0.15) is 5.82 Å². The van der Waals surface area contributed by atoms with Crippen molar-refractivity contribution in [3.63, 3.8) is 0 Å². The van der Waals surface area contributed by atoms with Crippen LogP contribution in [-0.2, 0) is 6.42 Å². The highest BCUT2D eigenvalue weighted by molar-refractivity contribution is 5.69. The topological polar surface area (TPSA) is 12.0 Å². The summed E-state index contributed by atoms with van der Waals surface area (Å²) in [6.07, 6.45) is 1.05. The molecular formula is C14H12FN. The van der Waals surface area contributed by atoms with Gasteiger partial charge >= 0.3 is 0 Å². The molecule has 0 bridgehead atoms. The average molecular weight is 213 g/mol. The van der Waals surface area contributed by atoms with Crippen molar-refractivity contribution in [1.82, 2.24) is 0 Å². The molecule has 1 N–H and O–H groups in total. The lowest BCUT2D eigenvalue weighted by molar-refractivity contribution is 0.628. The van der Waals surface area contributed by atoms with Crippen molar-refractivity contribution in [3.05, 3.63) is 53.8 Å². The van der Waals surface area contributed by atoms with E-state index in [0.717, 1.165) is 24.1 Å². The Bertz CT molecular complexity index is 534. The molecule has 0 saturated carbocycles. The van der Waals surface area contributed by atoms with E-state index in [1.165, 1.54) is 17.3 Å². The van der Waals surface area contributed by atoms with Crippen LogP contribution in [-0.4, -0.2) is 6.54 Å². The minimum Gasteiger partial charge on any atom is -0.384 e. The van der Waals surface area contributed by atoms with Gasteiger partial charge in [-0.3, -0.25) is 0 Å². The normalized spacial score (nSPS) is 13.3. The Morgan fingerprint density at radius 3 is 2.75 bits per heavy atom. The summed E-state index contributed by atoms with van der Waals surface area (Å²) in [4.78, 5) is 0. The van der Waals surface area contributed by atoms with Crippen LogP contribution < -0.4 is 5.32 Å². The average Bonchev–Trinajstić information content (AvgIpc) is 2.75. The van der Waals surface area contributed by atoms with E-state index in [0.29, 0.717) is 0 Å². The number of hydrogen-bond acceptors (Lipinski definition) is 1. The number of benzene rings is 2. The van der Waals surface area contributed by atoms with Gasteiger partial charge in [0.25, 0.3) is 0 Å². The number of hydrogen-bond donors (Lipinski definition) is 1. The van der Waals surface area contributed by atoms with Gasteiger partial charge in [-0.05, 0) is 47.4 Å². The molecule has 2 aromatic carbocycles. The molecule has 0 aromatic heterocycles. The predicted octanol–water partition coefficient (Wildman–Crippen LogP) is 3.46. The zero-order chi connectivity index (χ0) is 11.0. The molecule has 2 heteroatoms. The second-order valence-corrected chi connectivity index (χ2v) is 4.06. The minimum absolute atomic E-state index is 0.184. The summed E-state index contributed by atoms with van der Waals surface area (Å²) in [7, 11) is 0. The second kappa shape index (κ2) is 3.63. The highest BCUT2D eigenvalue weighted by Gasteiger charge is 2.10. The van der Waals surface area contributed by atoms with E-state index >= 15 is 0 Å². The van der Waals surface area contributed by atoms with Crippen molar-refractivity contribution >= 4 is 5.69 Å². The van der Waals surface area contributed by atoms with Crippen molar-refractivity contribution in [3.8, 4) is 11.1 Å². The maximum atomic E-state index is 13.1. The van der Waals surface area contributed by atoms with Gasteiger partial charge in [0, 0.05) is 12.2 Å². The highest BCUT2D eigenvalue weighted by atomic mass is 19.1. The van der Waals surface area contributed by atoms with Gasteiger partial charge < -0.3 is 5.32 Å². The maximum absolute atomic E-state index is 13.1. The molecule has 2 aromatic rings. The van der Waals surface area contributed by atoms with Crippen LogP contribution in [0.25, 0.3) is 11.1 Å². The molecule has 3 rings (SSSR count). The fourth-order valence-electron chi connectivity index (χ4n) is 2.15. The van der Waals surface area contributed by atoms with E-state index in [4.69, 9.17) is 0 Å². The first-order valence-corrected chi connectivity index (χ1v) is 5.46. The molecule has 1 aliphatic rings. The van der Waals surface area contributed by atoms with Crippen LogP contribution in [0.3, 0.4) is 0 Å². The SMILES string of the molecule is Fc1cccc(-c2ccc3c(c2)CCN3)c1. The Kier molecular flexibility index (Phi) is 2.13. The largest absolute Gasteiger partial charge is 0.384 e. The van der Waals surface area contributed by atoms with Crippen molar-refractivity contribution in [2.24, 2.45) is 0 Å². The number of nitrogens with one attached hydrogen (secondary N) is 1. The zero-order valence-corrected chi connectivity index (χ0v) is 8.83. The molecule has 0 amide bonds. The standard InChI is InChI=1S/C14H12FN/c15-13-3-1-2-10(9-13)11-4-5-14-12(8-11)6-7-16-14/h1-5,8-9,16H,6-7H2. The quantitative estimate of drug-likeness (QED) is 0.765. The summed E-state index contributed by atoms with van der Waals surface area (Å²) in [5, 5.41) is 3.32. The summed E-state index contributed by atoms with van der Waals surface area (Å²) in [6, 6.07) is 13.0. The number of anilines is 1. The van der Waals surface area contributed by atoms with Crippen molar-refractivity contribution in [2.45, 2.75) is 6.42 Å². The smallest absolute Gasteiger partial charge is 0.123 e. The van der Waals surface area contributed by atoms with E-state index < -0.39 is 0 Å². The zero-order valence-electron chi connectivity index (χ0n) is 8.83. The third kappa shape index (κ3) is 1.56. The monoisotopic (exact) mass is 213 g/mol. The maximum Gasteiger partial charge on any atom is 0.123 e. The van der Waals surface area contributed by atoms with Gasteiger partial charge in [0.05, 0.1) is 0 Å². The Hall–Kier alpha value is -1.83. The first kappa shape index (κ1) is 9.40. The van der Waals surface area contributed by atoms with Crippen LogP contribution in [0, 0.1) is 5.82 Å². The van der Waals surface area contributed by atoms with Gasteiger partial charge in [0.15, 0.2) is 0 Å². The third-order valence-electron chi connectivity index (χ3n) is 2.97. The molecule has 1 nitrogen and oxygen atoms in total. The highest BCUT2D eigenvalue weighted by Crippen LogP contribution is 2.28. The molecule has 1 heterocycles. The summed E-state index contributed by atoms with van der Waals surface area (Å²) in [5.74, 6) is -0.184. The lowest BCUT2D eigenvalue weighted by atomic mass is 10.0. The minimum atomic E-state index is -0.184. The molecule has 0 saturated heterocycles. The predicted molar refractivity (Wildman–Crippen MR) is 64.0 cm³/mol. The third-order valence-corrected chi connectivity index (χ3v) is 2.97. The van der Waals surface area contributed by atoms with E-state index in [9.17, 15) is 4.39 Å². The molecule has 0 aliphatic carbocycles. The number of rotatable bonds is 1. The fourth-order valence-corrected chi connectivity index (χ4v) is 2.15. The molecule has 80 valence electrons. The van der Waals surface area contributed by atoms with Gasteiger partial charge in [-0.1, -0.05) is 18.2 Å². The lowest BCUT2D eigenvalue weighted by Crippen LogP contribution is -1.90. The van der Waals surface area contributed by atoms with Crippen LogP contribution in [0.15, 0.2) is 42.5 Å². The first-order chi connectivity index (χ1) is 7.83. The van der Waals surface area contributed by atoms with Gasteiger partial charge in [0.2, 0.25) is 0 Å². The molecule has 1 aliphatic heterocycles. The van der Waals surface area contributed by atoms with Gasteiger partial charge in [-0.15, -0.1) is 0 Å². The molecule has 0 spiro atoms. The van der Waals surface area contributed by atoms with Crippen LogP contribution in [0.2, 0.25) is 0 Å². The Labute approximate surface area is 93.9 Å². The van der Waals surface area contributed by atoms with E-state index in [1.54, 1.807) is 12.1 Å². The van der Waals surface area contributed by atoms with Gasteiger partial charge in [-0.25, -0.2) is 4.39 Å². The second-order valence-electron chi connectivity index (χ2n) is 4.06. The number of fused-ring (bicyclic) bond motifs is 1. The molecule has 0 atom stereocenters. The van der Waals surface area contributed by atoms with Crippen LogP contribution in [0.4, 0.5) is 10.1 Å². The van der Waals surface area contributed by atoms with Crippen molar-refractivity contribution in [2.75, 3.05) is 11.9 Å². The van der Waals surface area contributed by atoms with Gasteiger partial charge in [-0.2, -0.15) is 0 Å². The molecule has 16 heavy (non-hydrogen) atoms. The lowest BCUT2D eigenvalue weighted by Gasteiger charge is -2.05. The molecular weight excluding hydrogens is 201 g/mol.